The van der Waals surface area contributed by atoms with Gasteiger partial charge in [0.15, 0.2) is 0 Å². The summed E-state index contributed by atoms with van der Waals surface area (Å²) in [6.45, 7) is 2.11. The molecule has 0 radical (unpaired) electrons. The zero-order valence-corrected chi connectivity index (χ0v) is 11.1. The molecule has 2 rings (SSSR count). The lowest BCUT2D eigenvalue weighted by atomic mass is 9.92. The topological polar surface area (TPSA) is 20.2 Å². The zero-order chi connectivity index (χ0) is 13.7. The fourth-order valence-electron chi connectivity index (χ4n) is 2.30. The van der Waals surface area contributed by atoms with Gasteiger partial charge in [-0.05, 0) is 42.0 Å². The van der Waals surface area contributed by atoms with Crippen LogP contribution in [0.4, 0.5) is 4.39 Å². The van der Waals surface area contributed by atoms with Gasteiger partial charge in [-0.2, -0.15) is 0 Å². The Labute approximate surface area is 113 Å². The smallest absolute Gasteiger partial charge is 0.123 e. The summed E-state index contributed by atoms with van der Waals surface area (Å²) < 4.78 is 12.8. The van der Waals surface area contributed by atoms with Crippen molar-refractivity contribution in [2.24, 2.45) is 0 Å². The van der Waals surface area contributed by atoms with E-state index < -0.39 is 6.10 Å². The second kappa shape index (κ2) is 6.48. The third kappa shape index (κ3) is 4.18. The summed E-state index contributed by atoms with van der Waals surface area (Å²) >= 11 is 0. The van der Waals surface area contributed by atoms with Crippen LogP contribution in [0.3, 0.4) is 0 Å². The molecule has 0 heterocycles. The van der Waals surface area contributed by atoms with Gasteiger partial charge in [-0.15, -0.1) is 0 Å². The first kappa shape index (κ1) is 13.8. The van der Waals surface area contributed by atoms with Crippen molar-refractivity contribution in [1.29, 1.82) is 0 Å². The average molecular weight is 258 g/mol. The van der Waals surface area contributed by atoms with Gasteiger partial charge in [0.05, 0.1) is 6.10 Å². The van der Waals surface area contributed by atoms with Crippen molar-refractivity contribution in [1.82, 2.24) is 0 Å². The predicted molar refractivity (Wildman–Crippen MR) is 75.6 cm³/mol. The lowest BCUT2D eigenvalue weighted by Gasteiger charge is -2.17. The summed E-state index contributed by atoms with van der Waals surface area (Å²) in [4.78, 5) is 0. The first-order valence-corrected chi connectivity index (χ1v) is 6.62. The van der Waals surface area contributed by atoms with E-state index in [1.54, 1.807) is 12.1 Å². The second-order valence-electron chi connectivity index (χ2n) is 5.03. The van der Waals surface area contributed by atoms with E-state index in [4.69, 9.17) is 0 Å². The monoisotopic (exact) mass is 258 g/mol. The maximum absolute atomic E-state index is 12.8. The van der Waals surface area contributed by atoms with Gasteiger partial charge in [-0.1, -0.05) is 49.4 Å². The molecule has 0 aliphatic rings. The molecule has 2 atom stereocenters. The summed E-state index contributed by atoms with van der Waals surface area (Å²) in [5.41, 5.74) is 2.20. The normalized spacial score (nSPS) is 14.1. The Kier molecular flexibility index (Phi) is 4.69. The Morgan fingerprint density at radius 1 is 1.00 bits per heavy atom. The van der Waals surface area contributed by atoms with Gasteiger partial charge in [-0.25, -0.2) is 4.39 Å². The molecule has 0 aliphatic carbocycles. The van der Waals surface area contributed by atoms with Crippen LogP contribution < -0.4 is 0 Å². The molecule has 1 nitrogen and oxygen atoms in total. The van der Waals surface area contributed by atoms with Crippen LogP contribution in [-0.4, -0.2) is 11.2 Å². The summed E-state index contributed by atoms with van der Waals surface area (Å²) in [6.07, 6.45) is 0.874. The molecule has 0 aliphatic heterocycles. The third-order valence-corrected chi connectivity index (χ3v) is 3.38. The molecule has 2 unspecified atom stereocenters. The standard InChI is InChI=1S/C17H19FO/c1-13(15-5-3-2-4-6-15)11-17(19)12-14-7-9-16(18)10-8-14/h2-10,13,17,19H,11-12H2,1H3. The van der Waals surface area contributed by atoms with E-state index in [-0.39, 0.29) is 5.82 Å². The lowest BCUT2D eigenvalue weighted by Crippen LogP contribution is -2.14. The fraction of sp³-hybridized carbons (Fsp3) is 0.294. The molecule has 0 bridgehead atoms. The minimum absolute atomic E-state index is 0.240. The van der Waals surface area contributed by atoms with Gasteiger partial charge in [0.2, 0.25) is 0 Å². The molecule has 0 spiro atoms. The second-order valence-corrected chi connectivity index (χ2v) is 5.03. The molecule has 2 aromatic rings. The highest BCUT2D eigenvalue weighted by Crippen LogP contribution is 2.21. The molecular formula is C17H19FO. The average Bonchev–Trinajstić information content (AvgIpc) is 2.42. The molecule has 0 saturated carbocycles. The number of rotatable bonds is 5. The van der Waals surface area contributed by atoms with Crippen LogP contribution in [0.25, 0.3) is 0 Å². The van der Waals surface area contributed by atoms with Crippen LogP contribution in [0.1, 0.15) is 30.4 Å². The van der Waals surface area contributed by atoms with Crippen LogP contribution in [0.15, 0.2) is 54.6 Å². The van der Waals surface area contributed by atoms with Gasteiger partial charge in [-0.3, -0.25) is 0 Å². The van der Waals surface area contributed by atoms with Crippen LogP contribution in [-0.2, 0) is 6.42 Å². The number of aliphatic hydroxyl groups is 1. The van der Waals surface area contributed by atoms with E-state index in [1.807, 2.05) is 18.2 Å². The van der Waals surface area contributed by atoms with E-state index in [0.29, 0.717) is 18.8 Å². The highest BCUT2D eigenvalue weighted by Gasteiger charge is 2.12. The number of aliphatic hydroxyl groups excluding tert-OH is 1. The van der Waals surface area contributed by atoms with Crippen molar-refractivity contribution in [3.63, 3.8) is 0 Å². The van der Waals surface area contributed by atoms with Gasteiger partial charge in [0.25, 0.3) is 0 Å². The number of halogens is 1. The van der Waals surface area contributed by atoms with E-state index in [2.05, 4.69) is 19.1 Å². The van der Waals surface area contributed by atoms with Gasteiger partial charge >= 0.3 is 0 Å². The van der Waals surface area contributed by atoms with E-state index in [1.165, 1.54) is 17.7 Å². The van der Waals surface area contributed by atoms with Crippen molar-refractivity contribution in [3.8, 4) is 0 Å². The molecule has 0 aromatic heterocycles. The Morgan fingerprint density at radius 2 is 1.63 bits per heavy atom. The van der Waals surface area contributed by atoms with Gasteiger partial charge in [0, 0.05) is 0 Å². The van der Waals surface area contributed by atoms with Gasteiger partial charge < -0.3 is 5.11 Å². The molecular weight excluding hydrogens is 239 g/mol. The Balaban J connectivity index is 1.90. The fourth-order valence-corrected chi connectivity index (χ4v) is 2.30. The summed E-state index contributed by atoms with van der Waals surface area (Å²) in [5.74, 6) is 0.0764. The van der Waals surface area contributed by atoms with Crippen LogP contribution in [0, 0.1) is 5.82 Å². The number of hydrogen-bond donors (Lipinski definition) is 1. The molecule has 1 N–H and O–H groups in total. The molecule has 0 fully saturated rings. The maximum Gasteiger partial charge on any atom is 0.123 e. The van der Waals surface area contributed by atoms with Crippen molar-refractivity contribution in [2.45, 2.75) is 31.8 Å². The minimum Gasteiger partial charge on any atom is -0.393 e. The predicted octanol–water partition coefficient (Wildman–Crippen LogP) is 3.92. The maximum atomic E-state index is 12.8. The molecule has 2 aromatic carbocycles. The molecule has 0 amide bonds. The highest BCUT2D eigenvalue weighted by molar-refractivity contribution is 5.20. The third-order valence-electron chi connectivity index (χ3n) is 3.38. The summed E-state index contributed by atoms with van der Waals surface area (Å²) in [5, 5.41) is 10.1. The van der Waals surface area contributed by atoms with E-state index >= 15 is 0 Å². The molecule has 19 heavy (non-hydrogen) atoms. The van der Waals surface area contributed by atoms with Crippen LogP contribution in [0.5, 0.6) is 0 Å². The lowest BCUT2D eigenvalue weighted by molar-refractivity contribution is 0.157. The van der Waals surface area contributed by atoms with Gasteiger partial charge in [0.1, 0.15) is 5.82 Å². The molecule has 2 heteroatoms. The van der Waals surface area contributed by atoms with Crippen molar-refractivity contribution in [2.75, 3.05) is 0 Å². The first-order valence-electron chi connectivity index (χ1n) is 6.62. The van der Waals surface area contributed by atoms with E-state index in [9.17, 15) is 9.50 Å². The largest absolute Gasteiger partial charge is 0.393 e. The minimum atomic E-state index is -0.402. The molecule has 100 valence electrons. The Hall–Kier alpha value is -1.67. The van der Waals surface area contributed by atoms with Crippen molar-refractivity contribution in [3.05, 3.63) is 71.5 Å². The zero-order valence-electron chi connectivity index (χ0n) is 11.1. The number of hydrogen-bond acceptors (Lipinski definition) is 1. The molecule has 0 saturated heterocycles. The quantitative estimate of drug-likeness (QED) is 0.861. The first-order chi connectivity index (χ1) is 9.15. The van der Waals surface area contributed by atoms with E-state index in [0.717, 1.165) is 5.56 Å². The Morgan fingerprint density at radius 3 is 2.26 bits per heavy atom. The van der Waals surface area contributed by atoms with Crippen molar-refractivity contribution < 1.29 is 9.50 Å². The van der Waals surface area contributed by atoms with Crippen LogP contribution >= 0.6 is 0 Å². The van der Waals surface area contributed by atoms with Crippen molar-refractivity contribution >= 4 is 0 Å². The highest BCUT2D eigenvalue weighted by atomic mass is 19.1. The summed E-state index contributed by atoms with van der Waals surface area (Å²) in [7, 11) is 0. The number of benzene rings is 2. The summed E-state index contributed by atoms with van der Waals surface area (Å²) in [6, 6.07) is 16.5. The SMILES string of the molecule is CC(CC(O)Cc1ccc(F)cc1)c1ccccc1. The Bertz CT molecular complexity index is 492. The van der Waals surface area contributed by atoms with Crippen LogP contribution in [0.2, 0.25) is 0 Å².